The number of carbonyl (C=O) groups is 2. The number of nitrogens with zero attached hydrogens (tertiary/aromatic N) is 4. The summed E-state index contributed by atoms with van der Waals surface area (Å²) >= 11 is 1.54. The van der Waals surface area contributed by atoms with Gasteiger partial charge in [-0.25, -0.2) is 0 Å². The average molecular weight is 511 g/mol. The molecule has 0 bridgehead atoms. The van der Waals surface area contributed by atoms with Gasteiger partial charge in [0.1, 0.15) is 6.54 Å². The van der Waals surface area contributed by atoms with Crippen LogP contribution in [0, 0.1) is 27.2 Å². The van der Waals surface area contributed by atoms with Crippen molar-refractivity contribution in [1.29, 1.82) is 0 Å². The fourth-order valence-electron chi connectivity index (χ4n) is 3.61. The van der Waals surface area contributed by atoms with Crippen LogP contribution >= 0.6 is 11.3 Å². The average Bonchev–Trinajstić information content (AvgIpc) is 3.25. The standard InChI is InChI=1S/C25H26N4O6S/c1-17(2)27(25(31)20-11-21(28(32)33)13-22(12-20)29(34)35)16-24(30)26(14-19-7-5-4-6-8-19)15-23-18(3)9-10-36-23/h4-13,17H,14-16H2,1-3H3. The molecule has 2 amide bonds. The molecule has 0 radical (unpaired) electrons. The number of hydrogen-bond donors (Lipinski definition) is 0. The normalized spacial score (nSPS) is 10.8. The van der Waals surface area contributed by atoms with Crippen molar-refractivity contribution >= 4 is 34.5 Å². The minimum absolute atomic E-state index is 0.221. The van der Waals surface area contributed by atoms with Crippen LogP contribution in [-0.4, -0.2) is 44.0 Å². The number of nitro benzene ring substituents is 2. The summed E-state index contributed by atoms with van der Waals surface area (Å²) in [6.45, 7) is 5.79. The van der Waals surface area contributed by atoms with Gasteiger partial charge in [-0.3, -0.25) is 29.8 Å². The van der Waals surface area contributed by atoms with Crippen LogP contribution in [0.5, 0.6) is 0 Å². The number of amides is 2. The Hall–Kier alpha value is -4.12. The zero-order chi connectivity index (χ0) is 26.4. The van der Waals surface area contributed by atoms with Gasteiger partial charge in [-0.15, -0.1) is 11.3 Å². The summed E-state index contributed by atoms with van der Waals surface area (Å²) in [6, 6.07) is 13.8. The molecule has 0 aliphatic carbocycles. The molecule has 188 valence electrons. The molecule has 3 rings (SSSR count). The molecule has 10 nitrogen and oxygen atoms in total. The summed E-state index contributed by atoms with van der Waals surface area (Å²) in [5.74, 6) is -1.01. The van der Waals surface area contributed by atoms with Crippen LogP contribution in [0.2, 0.25) is 0 Å². The lowest BCUT2D eigenvalue weighted by molar-refractivity contribution is -0.394. The van der Waals surface area contributed by atoms with E-state index in [0.717, 1.165) is 34.2 Å². The van der Waals surface area contributed by atoms with Crippen molar-refractivity contribution in [2.75, 3.05) is 6.54 Å². The Labute approximate surface area is 212 Å². The molecule has 0 spiro atoms. The van der Waals surface area contributed by atoms with Crippen molar-refractivity contribution in [3.8, 4) is 0 Å². The van der Waals surface area contributed by atoms with Gasteiger partial charge in [-0.05, 0) is 43.3 Å². The smallest absolute Gasteiger partial charge is 0.277 e. The predicted molar refractivity (Wildman–Crippen MR) is 136 cm³/mol. The van der Waals surface area contributed by atoms with Gasteiger partial charge in [0.15, 0.2) is 0 Å². The Morgan fingerprint density at radius 3 is 2.06 bits per heavy atom. The van der Waals surface area contributed by atoms with Gasteiger partial charge >= 0.3 is 0 Å². The molecule has 1 aromatic heterocycles. The summed E-state index contributed by atoms with van der Waals surface area (Å²) < 4.78 is 0. The van der Waals surface area contributed by atoms with Gasteiger partial charge in [0.25, 0.3) is 17.3 Å². The van der Waals surface area contributed by atoms with Crippen LogP contribution in [0.3, 0.4) is 0 Å². The zero-order valence-electron chi connectivity index (χ0n) is 20.1. The highest BCUT2D eigenvalue weighted by Crippen LogP contribution is 2.25. The maximum atomic E-state index is 13.5. The van der Waals surface area contributed by atoms with Gasteiger partial charge in [0, 0.05) is 29.6 Å². The highest BCUT2D eigenvalue weighted by Gasteiger charge is 2.28. The second-order valence-electron chi connectivity index (χ2n) is 8.54. The number of benzene rings is 2. The van der Waals surface area contributed by atoms with Crippen LogP contribution in [0.1, 0.15) is 40.2 Å². The maximum Gasteiger partial charge on any atom is 0.277 e. The number of aryl methyl sites for hydroxylation is 1. The second-order valence-corrected chi connectivity index (χ2v) is 9.54. The molecule has 0 saturated heterocycles. The Balaban J connectivity index is 1.90. The van der Waals surface area contributed by atoms with Crippen LogP contribution in [0.25, 0.3) is 0 Å². The van der Waals surface area contributed by atoms with E-state index in [1.807, 2.05) is 48.7 Å². The molecule has 0 aliphatic heterocycles. The molecule has 36 heavy (non-hydrogen) atoms. The van der Waals surface area contributed by atoms with Gasteiger partial charge in [0.2, 0.25) is 5.91 Å². The second kappa shape index (κ2) is 11.5. The topological polar surface area (TPSA) is 127 Å². The lowest BCUT2D eigenvalue weighted by atomic mass is 10.1. The summed E-state index contributed by atoms with van der Waals surface area (Å²) in [4.78, 5) is 51.8. The molecule has 2 aromatic carbocycles. The van der Waals surface area contributed by atoms with Gasteiger partial charge < -0.3 is 9.80 Å². The summed E-state index contributed by atoms with van der Waals surface area (Å²) in [5, 5.41) is 24.5. The van der Waals surface area contributed by atoms with E-state index in [1.54, 1.807) is 30.1 Å². The van der Waals surface area contributed by atoms with Crippen molar-refractivity contribution in [2.45, 2.75) is 39.9 Å². The first kappa shape index (κ1) is 26.5. The van der Waals surface area contributed by atoms with Crippen molar-refractivity contribution in [2.24, 2.45) is 0 Å². The highest BCUT2D eigenvalue weighted by atomic mass is 32.1. The maximum absolute atomic E-state index is 13.5. The molecule has 1 heterocycles. The lowest BCUT2D eigenvalue weighted by Gasteiger charge is -2.30. The van der Waals surface area contributed by atoms with Crippen LogP contribution in [-0.2, 0) is 17.9 Å². The SMILES string of the molecule is Cc1ccsc1CN(Cc1ccccc1)C(=O)CN(C(=O)c1cc([N+](=O)[O-])cc([N+](=O)[O-])c1)C(C)C. The first-order valence-electron chi connectivity index (χ1n) is 11.2. The van der Waals surface area contributed by atoms with E-state index in [9.17, 15) is 29.8 Å². The minimum atomic E-state index is -0.792. The number of rotatable bonds is 10. The molecule has 0 atom stereocenters. The summed E-state index contributed by atoms with van der Waals surface area (Å²) in [5.41, 5.74) is 0.632. The van der Waals surface area contributed by atoms with Crippen molar-refractivity contribution in [1.82, 2.24) is 9.80 Å². The van der Waals surface area contributed by atoms with E-state index in [4.69, 9.17) is 0 Å². The van der Waals surface area contributed by atoms with Gasteiger partial charge in [-0.2, -0.15) is 0 Å². The molecule has 0 unspecified atom stereocenters. The number of hydrogen-bond acceptors (Lipinski definition) is 7. The van der Waals surface area contributed by atoms with Crippen LogP contribution in [0.4, 0.5) is 11.4 Å². The van der Waals surface area contributed by atoms with Crippen LogP contribution < -0.4 is 0 Å². The number of thiophene rings is 1. The van der Waals surface area contributed by atoms with Crippen molar-refractivity contribution < 1.29 is 19.4 Å². The number of nitro groups is 2. The number of non-ortho nitro benzene ring substituents is 2. The minimum Gasteiger partial charge on any atom is -0.332 e. The van der Waals surface area contributed by atoms with Crippen molar-refractivity contribution in [3.63, 3.8) is 0 Å². The molecular weight excluding hydrogens is 484 g/mol. The fraction of sp³-hybridized carbons (Fsp3) is 0.280. The summed E-state index contributed by atoms with van der Waals surface area (Å²) in [7, 11) is 0. The Kier molecular flexibility index (Phi) is 8.49. The highest BCUT2D eigenvalue weighted by molar-refractivity contribution is 7.10. The van der Waals surface area contributed by atoms with E-state index < -0.39 is 33.2 Å². The van der Waals surface area contributed by atoms with Crippen molar-refractivity contribution in [3.05, 3.63) is 102 Å². The number of carbonyl (C=O) groups excluding carboxylic acids is 2. The van der Waals surface area contributed by atoms with Crippen LogP contribution in [0.15, 0.2) is 60.0 Å². The molecule has 0 saturated carbocycles. The predicted octanol–water partition coefficient (Wildman–Crippen LogP) is 4.95. The molecule has 0 aliphatic rings. The van der Waals surface area contributed by atoms with E-state index in [-0.39, 0.29) is 18.0 Å². The van der Waals surface area contributed by atoms with E-state index >= 15 is 0 Å². The van der Waals surface area contributed by atoms with E-state index in [2.05, 4.69) is 0 Å². The monoisotopic (exact) mass is 510 g/mol. The molecule has 11 heteroatoms. The largest absolute Gasteiger partial charge is 0.332 e. The summed E-state index contributed by atoms with van der Waals surface area (Å²) in [6.07, 6.45) is 0. The van der Waals surface area contributed by atoms with Gasteiger partial charge in [0.05, 0.1) is 28.0 Å². The first-order valence-corrected chi connectivity index (χ1v) is 12.0. The van der Waals surface area contributed by atoms with E-state index in [1.165, 1.54) is 4.90 Å². The molecule has 0 fully saturated rings. The zero-order valence-corrected chi connectivity index (χ0v) is 20.9. The third kappa shape index (κ3) is 6.51. The Morgan fingerprint density at radius 1 is 0.944 bits per heavy atom. The van der Waals surface area contributed by atoms with Gasteiger partial charge in [-0.1, -0.05) is 30.3 Å². The Bertz CT molecular complexity index is 1240. The molecule has 0 N–H and O–H groups in total. The molecule has 3 aromatic rings. The van der Waals surface area contributed by atoms with E-state index in [0.29, 0.717) is 13.1 Å². The Morgan fingerprint density at radius 2 is 1.56 bits per heavy atom. The third-order valence-corrected chi connectivity index (χ3v) is 6.64. The third-order valence-electron chi connectivity index (χ3n) is 5.63. The molecular formula is C25H26N4O6S. The lowest BCUT2D eigenvalue weighted by Crippen LogP contribution is -2.45. The first-order chi connectivity index (χ1) is 17.1. The fourth-order valence-corrected chi connectivity index (χ4v) is 4.53. The quantitative estimate of drug-likeness (QED) is 0.280.